The first-order valence-corrected chi connectivity index (χ1v) is 6.17. The van der Waals surface area contributed by atoms with Gasteiger partial charge in [-0.3, -0.25) is 4.79 Å². The van der Waals surface area contributed by atoms with Crippen molar-refractivity contribution < 1.29 is 18.0 Å². The van der Waals surface area contributed by atoms with Gasteiger partial charge in [0.1, 0.15) is 17.4 Å². The van der Waals surface area contributed by atoms with Crippen LogP contribution in [0.25, 0.3) is 0 Å². The van der Waals surface area contributed by atoms with Gasteiger partial charge in [-0.25, -0.2) is 8.78 Å². The van der Waals surface area contributed by atoms with Crippen molar-refractivity contribution >= 4 is 5.91 Å². The first-order chi connectivity index (χ1) is 9.38. The van der Waals surface area contributed by atoms with E-state index < -0.39 is 23.0 Å². The van der Waals surface area contributed by atoms with Gasteiger partial charge in [0.2, 0.25) is 0 Å². The molecular formula is C15H15F2NO2. The quantitative estimate of drug-likeness (QED) is 0.933. The van der Waals surface area contributed by atoms with E-state index in [2.05, 4.69) is 5.32 Å². The van der Waals surface area contributed by atoms with Crippen LogP contribution in [0.2, 0.25) is 0 Å². The normalized spacial score (nSPS) is 11.4. The number of hydrogen-bond donors (Lipinski definition) is 1. The van der Waals surface area contributed by atoms with Crippen LogP contribution in [-0.2, 0) is 5.41 Å². The molecule has 3 nitrogen and oxygen atoms in total. The lowest BCUT2D eigenvalue weighted by molar-refractivity contribution is 0.0943. The van der Waals surface area contributed by atoms with Crippen molar-refractivity contribution in [1.82, 2.24) is 5.32 Å². The molecule has 2 rings (SSSR count). The first-order valence-electron chi connectivity index (χ1n) is 6.17. The second-order valence-corrected chi connectivity index (χ2v) is 5.20. The molecule has 5 heteroatoms. The summed E-state index contributed by atoms with van der Waals surface area (Å²) in [5, 5.41) is 2.65. The third kappa shape index (κ3) is 3.23. The predicted molar refractivity (Wildman–Crippen MR) is 70.4 cm³/mol. The van der Waals surface area contributed by atoms with E-state index in [4.69, 9.17) is 4.42 Å². The molecule has 0 unspecified atom stereocenters. The predicted octanol–water partition coefficient (Wildman–Crippen LogP) is 3.27. The lowest BCUT2D eigenvalue weighted by Gasteiger charge is -2.22. The number of benzene rings is 1. The molecule has 106 valence electrons. The molecule has 0 fully saturated rings. The second kappa shape index (κ2) is 5.45. The van der Waals surface area contributed by atoms with E-state index in [9.17, 15) is 13.6 Å². The standard InChI is InChI=1S/C15H15F2NO2/c1-15(2,13-4-3-5-20-13)9-18-14(19)10-6-11(16)8-12(17)7-10/h3-8H,9H2,1-2H3,(H,18,19). The Balaban J connectivity index is 2.05. The molecule has 0 radical (unpaired) electrons. The zero-order valence-electron chi connectivity index (χ0n) is 11.2. The van der Waals surface area contributed by atoms with Crippen molar-refractivity contribution in [3.63, 3.8) is 0 Å². The number of amides is 1. The van der Waals surface area contributed by atoms with Crippen LogP contribution >= 0.6 is 0 Å². The molecule has 1 amide bonds. The molecule has 0 aliphatic heterocycles. The van der Waals surface area contributed by atoms with E-state index in [-0.39, 0.29) is 12.1 Å². The Kier molecular flexibility index (Phi) is 3.88. The Morgan fingerprint density at radius 2 is 1.90 bits per heavy atom. The smallest absolute Gasteiger partial charge is 0.251 e. The Morgan fingerprint density at radius 1 is 1.25 bits per heavy atom. The van der Waals surface area contributed by atoms with Crippen molar-refractivity contribution in [2.75, 3.05) is 6.54 Å². The fourth-order valence-electron chi connectivity index (χ4n) is 1.84. The van der Waals surface area contributed by atoms with Crippen molar-refractivity contribution in [3.8, 4) is 0 Å². The summed E-state index contributed by atoms with van der Waals surface area (Å²) in [5.41, 5.74) is -0.455. The maximum Gasteiger partial charge on any atom is 0.251 e. The molecule has 0 atom stereocenters. The number of carbonyl (C=O) groups excluding carboxylic acids is 1. The minimum Gasteiger partial charge on any atom is -0.469 e. The van der Waals surface area contributed by atoms with Gasteiger partial charge < -0.3 is 9.73 Å². The topological polar surface area (TPSA) is 42.2 Å². The summed E-state index contributed by atoms with van der Waals surface area (Å²) in [6.07, 6.45) is 1.56. The summed E-state index contributed by atoms with van der Waals surface area (Å²) in [7, 11) is 0. The van der Waals surface area contributed by atoms with Crippen molar-refractivity contribution in [2.24, 2.45) is 0 Å². The van der Waals surface area contributed by atoms with Crippen molar-refractivity contribution in [1.29, 1.82) is 0 Å². The Morgan fingerprint density at radius 3 is 2.45 bits per heavy atom. The van der Waals surface area contributed by atoms with Crippen molar-refractivity contribution in [3.05, 3.63) is 59.6 Å². The summed E-state index contributed by atoms with van der Waals surface area (Å²) in [4.78, 5) is 11.9. The number of halogens is 2. The van der Waals surface area contributed by atoms with Crippen LogP contribution in [0, 0.1) is 11.6 Å². The van der Waals surface area contributed by atoms with E-state index >= 15 is 0 Å². The molecule has 20 heavy (non-hydrogen) atoms. The fraction of sp³-hybridized carbons (Fsp3) is 0.267. The summed E-state index contributed by atoms with van der Waals surface area (Å²) < 4.78 is 31.4. The van der Waals surface area contributed by atoms with E-state index in [1.165, 1.54) is 0 Å². The van der Waals surface area contributed by atoms with E-state index in [1.54, 1.807) is 12.3 Å². The van der Waals surface area contributed by atoms with Gasteiger partial charge in [-0.15, -0.1) is 0 Å². The highest BCUT2D eigenvalue weighted by molar-refractivity contribution is 5.94. The Bertz CT molecular complexity index is 586. The molecular weight excluding hydrogens is 264 g/mol. The van der Waals surface area contributed by atoms with Gasteiger partial charge in [0.05, 0.1) is 6.26 Å². The minimum atomic E-state index is -0.777. The minimum absolute atomic E-state index is 0.0438. The summed E-state index contributed by atoms with van der Waals surface area (Å²) >= 11 is 0. The monoisotopic (exact) mass is 279 g/mol. The van der Waals surface area contributed by atoms with Gasteiger partial charge in [-0.1, -0.05) is 13.8 Å². The lowest BCUT2D eigenvalue weighted by Crippen LogP contribution is -2.36. The summed E-state index contributed by atoms with van der Waals surface area (Å²) in [6.45, 7) is 4.09. The molecule has 1 aromatic heterocycles. The lowest BCUT2D eigenvalue weighted by atomic mass is 9.90. The molecule has 1 N–H and O–H groups in total. The Labute approximate surface area is 115 Å². The summed E-state index contributed by atoms with van der Waals surface area (Å²) in [6, 6.07) is 6.30. The second-order valence-electron chi connectivity index (χ2n) is 5.20. The fourth-order valence-corrected chi connectivity index (χ4v) is 1.84. The van der Waals surface area contributed by atoms with Gasteiger partial charge >= 0.3 is 0 Å². The van der Waals surface area contributed by atoms with Crippen LogP contribution in [0.3, 0.4) is 0 Å². The van der Waals surface area contributed by atoms with Crippen LogP contribution in [0.4, 0.5) is 8.78 Å². The molecule has 2 aromatic rings. The van der Waals surface area contributed by atoms with Crippen LogP contribution in [0.5, 0.6) is 0 Å². The van der Waals surface area contributed by atoms with Crippen LogP contribution in [0.1, 0.15) is 30.0 Å². The first kappa shape index (κ1) is 14.2. The number of carbonyl (C=O) groups is 1. The number of rotatable bonds is 4. The highest BCUT2D eigenvalue weighted by atomic mass is 19.1. The number of furan rings is 1. The van der Waals surface area contributed by atoms with Crippen LogP contribution in [0.15, 0.2) is 41.0 Å². The molecule has 0 bridgehead atoms. The molecule has 1 heterocycles. The molecule has 0 aliphatic rings. The van der Waals surface area contributed by atoms with E-state index in [1.807, 2.05) is 19.9 Å². The zero-order valence-corrected chi connectivity index (χ0v) is 11.2. The van der Waals surface area contributed by atoms with Crippen molar-refractivity contribution in [2.45, 2.75) is 19.3 Å². The van der Waals surface area contributed by atoms with Crippen LogP contribution in [-0.4, -0.2) is 12.5 Å². The molecule has 0 saturated heterocycles. The number of nitrogens with one attached hydrogen (secondary N) is 1. The highest BCUT2D eigenvalue weighted by Gasteiger charge is 2.24. The zero-order chi connectivity index (χ0) is 14.8. The molecule has 0 aliphatic carbocycles. The number of hydrogen-bond acceptors (Lipinski definition) is 2. The highest BCUT2D eigenvalue weighted by Crippen LogP contribution is 2.22. The average Bonchev–Trinajstić information content (AvgIpc) is 2.89. The van der Waals surface area contributed by atoms with Crippen LogP contribution < -0.4 is 5.32 Å². The third-order valence-corrected chi connectivity index (χ3v) is 3.00. The SMILES string of the molecule is CC(C)(CNC(=O)c1cc(F)cc(F)c1)c1ccco1. The van der Waals surface area contributed by atoms with Gasteiger partial charge in [0.15, 0.2) is 0 Å². The average molecular weight is 279 g/mol. The maximum absolute atomic E-state index is 13.1. The maximum atomic E-state index is 13.1. The Hall–Kier alpha value is -2.17. The van der Waals surface area contributed by atoms with Gasteiger partial charge in [-0.05, 0) is 24.3 Å². The third-order valence-electron chi connectivity index (χ3n) is 3.00. The van der Waals surface area contributed by atoms with Gasteiger partial charge in [0.25, 0.3) is 5.91 Å². The molecule has 0 spiro atoms. The molecule has 1 aromatic carbocycles. The molecule has 0 saturated carbocycles. The van der Waals surface area contributed by atoms with E-state index in [0.29, 0.717) is 0 Å². The summed E-state index contributed by atoms with van der Waals surface area (Å²) in [5.74, 6) is -1.35. The van der Waals surface area contributed by atoms with E-state index in [0.717, 1.165) is 24.0 Å². The van der Waals surface area contributed by atoms with Gasteiger partial charge in [-0.2, -0.15) is 0 Å². The largest absolute Gasteiger partial charge is 0.469 e. The van der Waals surface area contributed by atoms with Gasteiger partial charge in [0, 0.05) is 23.6 Å².